The zero-order chi connectivity index (χ0) is 19.8. The van der Waals surface area contributed by atoms with E-state index in [0.29, 0.717) is 48.1 Å². The second-order valence-electron chi connectivity index (χ2n) is 9.17. The third kappa shape index (κ3) is 5.78. The molecule has 6 atom stereocenters. The Kier molecular flexibility index (Phi) is 9.26. The highest BCUT2D eigenvalue weighted by molar-refractivity contribution is 5.92. The van der Waals surface area contributed by atoms with Crippen molar-refractivity contribution in [3.63, 3.8) is 0 Å². The van der Waals surface area contributed by atoms with Crippen LogP contribution in [0.5, 0.6) is 0 Å². The Hall–Kier alpha value is -0.920. The highest BCUT2D eigenvalue weighted by Crippen LogP contribution is 2.50. The molecule has 0 amide bonds. The summed E-state index contributed by atoms with van der Waals surface area (Å²) >= 11 is 0. The van der Waals surface area contributed by atoms with E-state index in [4.69, 9.17) is 0 Å². The minimum atomic E-state index is -0.0214. The Morgan fingerprint density at radius 2 is 1.19 bits per heavy atom. The third-order valence-electron chi connectivity index (χ3n) is 7.27. The van der Waals surface area contributed by atoms with Gasteiger partial charge in [-0.15, -0.1) is 0 Å². The van der Waals surface area contributed by atoms with Gasteiger partial charge in [-0.3, -0.25) is 9.59 Å². The zero-order valence-electron chi connectivity index (χ0n) is 18.2. The number of carbonyl (C=O) groups excluding carboxylic acids is 2. The monoisotopic (exact) mass is 374 g/mol. The molecule has 0 heterocycles. The predicted molar refractivity (Wildman–Crippen MR) is 114 cm³/mol. The van der Waals surface area contributed by atoms with E-state index in [0.717, 1.165) is 32.1 Å². The Labute approximate surface area is 167 Å². The molecule has 2 bridgehead atoms. The maximum absolute atomic E-state index is 13.2. The van der Waals surface area contributed by atoms with Crippen molar-refractivity contribution in [2.75, 3.05) is 0 Å². The lowest BCUT2D eigenvalue weighted by atomic mass is 9.73. The first-order valence-corrected chi connectivity index (χ1v) is 11.8. The SMILES string of the molecule is CCCCC(CC)CC(=O)C1C2C=CC(C2)C1C(=O)CC(CC)CCCC. The molecule has 2 aliphatic carbocycles. The Morgan fingerprint density at radius 1 is 0.778 bits per heavy atom. The molecule has 1 saturated carbocycles. The number of carbonyl (C=O) groups is 2. The van der Waals surface area contributed by atoms with Gasteiger partial charge in [-0.1, -0.05) is 91.2 Å². The molecule has 2 heteroatoms. The molecule has 27 heavy (non-hydrogen) atoms. The predicted octanol–water partition coefficient (Wildman–Crippen LogP) is 6.78. The van der Waals surface area contributed by atoms with Crippen molar-refractivity contribution >= 4 is 11.6 Å². The van der Waals surface area contributed by atoms with Crippen LogP contribution in [0.25, 0.3) is 0 Å². The second-order valence-corrected chi connectivity index (χ2v) is 9.17. The Balaban J connectivity index is 2.02. The molecule has 2 nitrogen and oxygen atoms in total. The topological polar surface area (TPSA) is 34.1 Å². The minimum absolute atomic E-state index is 0.0214. The maximum Gasteiger partial charge on any atom is 0.137 e. The molecule has 6 unspecified atom stereocenters. The van der Waals surface area contributed by atoms with Crippen LogP contribution in [0.2, 0.25) is 0 Å². The summed E-state index contributed by atoms with van der Waals surface area (Å²) in [6, 6.07) is 0. The average molecular weight is 375 g/mol. The summed E-state index contributed by atoms with van der Waals surface area (Å²) in [5.74, 6) is 2.39. The summed E-state index contributed by atoms with van der Waals surface area (Å²) in [7, 11) is 0. The standard InChI is InChI=1S/C25H42O2/c1-5-9-11-18(7-3)15-22(26)24-20-13-14-21(17-20)25(24)23(27)16-19(8-4)12-10-6-2/h13-14,18-21,24-25H,5-12,15-17H2,1-4H3. The molecule has 0 aliphatic heterocycles. The van der Waals surface area contributed by atoms with Gasteiger partial charge in [0, 0.05) is 24.7 Å². The van der Waals surface area contributed by atoms with Crippen molar-refractivity contribution in [3.05, 3.63) is 12.2 Å². The summed E-state index contributed by atoms with van der Waals surface area (Å²) in [6.07, 6.45) is 16.2. The van der Waals surface area contributed by atoms with E-state index in [9.17, 15) is 9.59 Å². The molecule has 0 saturated heterocycles. The van der Waals surface area contributed by atoms with Gasteiger partial charge < -0.3 is 0 Å². The van der Waals surface area contributed by atoms with E-state index >= 15 is 0 Å². The van der Waals surface area contributed by atoms with E-state index in [-0.39, 0.29) is 11.8 Å². The molecule has 1 fully saturated rings. The van der Waals surface area contributed by atoms with E-state index in [1.54, 1.807) is 0 Å². The van der Waals surface area contributed by atoms with Crippen molar-refractivity contribution in [1.82, 2.24) is 0 Å². The quantitative estimate of drug-likeness (QED) is 0.314. The Morgan fingerprint density at radius 3 is 1.52 bits per heavy atom. The van der Waals surface area contributed by atoms with Gasteiger partial charge in [-0.05, 0) is 30.1 Å². The van der Waals surface area contributed by atoms with E-state index in [1.807, 2.05) is 0 Å². The van der Waals surface area contributed by atoms with Crippen LogP contribution in [0.1, 0.15) is 98.3 Å². The van der Waals surface area contributed by atoms with E-state index < -0.39 is 0 Å². The van der Waals surface area contributed by atoms with Crippen LogP contribution < -0.4 is 0 Å². The molecule has 0 aromatic carbocycles. The van der Waals surface area contributed by atoms with Crippen LogP contribution in [0.3, 0.4) is 0 Å². The first-order valence-electron chi connectivity index (χ1n) is 11.8. The molecule has 2 aliphatic rings. The fourth-order valence-corrected chi connectivity index (χ4v) is 5.43. The van der Waals surface area contributed by atoms with Crippen LogP contribution in [0.15, 0.2) is 12.2 Å². The first-order chi connectivity index (χ1) is 13.0. The van der Waals surface area contributed by atoms with Crippen LogP contribution in [0.4, 0.5) is 0 Å². The summed E-state index contributed by atoms with van der Waals surface area (Å²) in [5.41, 5.74) is 0. The van der Waals surface area contributed by atoms with Gasteiger partial charge in [0.15, 0.2) is 0 Å². The van der Waals surface area contributed by atoms with E-state index in [2.05, 4.69) is 39.8 Å². The maximum atomic E-state index is 13.2. The van der Waals surface area contributed by atoms with E-state index in [1.165, 1.54) is 25.7 Å². The van der Waals surface area contributed by atoms with Crippen molar-refractivity contribution in [2.24, 2.45) is 35.5 Å². The number of Topliss-reactive ketones (excluding diaryl/α,β-unsaturated/α-hetero) is 2. The average Bonchev–Trinajstić information content (AvgIpc) is 3.29. The third-order valence-corrected chi connectivity index (χ3v) is 7.27. The highest BCUT2D eigenvalue weighted by Gasteiger charge is 2.50. The second kappa shape index (κ2) is 11.2. The molecule has 0 aromatic rings. The minimum Gasteiger partial charge on any atom is -0.299 e. The molecule has 0 radical (unpaired) electrons. The molecule has 0 aromatic heterocycles. The van der Waals surface area contributed by atoms with Crippen molar-refractivity contribution in [2.45, 2.75) is 98.3 Å². The largest absolute Gasteiger partial charge is 0.299 e. The van der Waals surface area contributed by atoms with Gasteiger partial charge in [0.2, 0.25) is 0 Å². The summed E-state index contributed by atoms with van der Waals surface area (Å²) < 4.78 is 0. The van der Waals surface area contributed by atoms with Gasteiger partial charge in [0.05, 0.1) is 0 Å². The molecule has 154 valence electrons. The highest BCUT2D eigenvalue weighted by atomic mass is 16.1. The van der Waals surface area contributed by atoms with Gasteiger partial charge in [0.1, 0.15) is 11.6 Å². The normalized spacial score (nSPS) is 28.4. The lowest BCUT2D eigenvalue weighted by Crippen LogP contribution is -2.34. The fraction of sp³-hybridized carbons (Fsp3) is 0.840. The van der Waals surface area contributed by atoms with Crippen molar-refractivity contribution < 1.29 is 9.59 Å². The van der Waals surface area contributed by atoms with Crippen LogP contribution in [-0.2, 0) is 9.59 Å². The number of rotatable bonds is 14. The number of hydrogen-bond donors (Lipinski definition) is 0. The Bertz CT molecular complexity index is 462. The van der Waals surface area contributed by atoms with Crippen LogP contribution in [0, 0.1) is 35.5 Å². The lowest BCUT2D eigenvalue weighted by Gasteiger charge is -2.28. The molecular weight excluding hydrogens is 332 g/mol. The number of fused-ring (bicyclic) bond motifs is 2. The van der Waals surface area contributed by atoms with Crippen LogP contribution in [-0.4, -0.2) is 11.6 Å². The smallest absolute Gasteiger partial charge is 0.137 e. The zero-order valence-corrected chi connectivity index (χ0v) is 18.2. The van der Waals surface area contributed by atoms with Gasteiger partial charge >= 0.3 is 0 Å². The summed E-state index contributed by atoms with van der Waals surface area (Å²) in [5, 5.41) is 0. The fourth-order valence-electron chi connectivity index (χ4n) is 5.43. The van der Waals surface area contributed by atoms with Crippen molar-refractivity contribution in [3.8, 4) is 0 Å². The number of unbranched alkanes of at least 4 members (excludes halogenated alkanes) is 2. The molecule has 0 spiro atoms. The summed E-state index contributed by atoms with van der Waals surface area (Å²) in [4.78, 5) is 26.4. The number of hydrogen-bond acceptors (Lipinski definition) is 2. The van der Waals surface area contributed by atoms with Gasteiger partial charge in [0.25, 0.3) is 0 Å². The first kappa shape index (κ1) is 22.4. The molecule has 2 rings (SSSR count). The van der Waals surface area contributed by atoms with Gasteiger partial charge in [-0.2, -0.15) is 0 Å². The summed E-state index contributed by atoms with van der Waals surface area (Å²) in [6.45, 7) is 8.84. The number of ketones is 2. The van der Waals surface area contributed by atoms with Gasteiger partial charge in [-0.25, -0.2) is 0 Å². The lowest BCUT2D eigenvalue weighted by molar-refractivity contribution is -0.134. The van der Waals surface area contributed by atoms with Crippen LogP contribution >= 0.6 is 0 Å². The molecular formula is C25H42O2. The number of allylic oxidation sites excluding steroid dienone is 2. The van der Waals surface area contributed by atoms with Crippen molar-refractivity contribution in [1.29, 1.82) is 0 Å². The molecule has 0 N–H and O–H groups in total.